The molecule has 0 fully saturated rings. The smallest absolute Gasteiger partial charge is 0.450 e. The zero-order valence-corrected chi connectivity index (χ0v) is 14.9. The first-order valence-electron chi connectivity index (χ1n) is 7.97. The second-order valence-corrected chi connectivity index (χ2v) is 6.74. The Morgan fingerprint density at radius 1 is 1.00 bits per heavy atom. The Morgan fingerprint density at radius 3 is 1.88 bits per heavy atom. The molecule has 0 radical (unpaired) electrons. The number of benzene rings is 2. The predicted octanol–water partition coefficient (Wildman–Crippen LogP) is 6.00. The topological polar surface area (TPSA) is 57.5 Å². The molecule has 0 amide bonds. The van der Waals surface area contributed by atoms with Gasteiger partial charge >= 0.3 is 6.16 Å². The van der Waals surface area contributed by atoms with Gasteiger partial charge in [-0.15, -0.1) is 0 Å². The molecule has 3 nitrogen and oxygen atoms in total. The number of carbonyl (C=O) groups is 1. The van der Waals surface area contributed by atoms with Crippen molar-refractivity contribution in [2.24, 2.45) is 0 Å². The van der Waals surface area contributed by atoms with Gasteiger partial charge in [-0.3, -0.25) is 0 Å². The van der Waals surface area contributed by atoms with Gasteiger partial charge in [0, 0.05) is 5.41 Å². The number of hydrogen-bond donors (Lipinski definition) is 2. The van der Waals surface area contributed by atoms with Crippen molar-refractivity contribution >= 4 is 6.16 Å². The standard InChI is InChI=1S/C18H20.C2H3F.CH2O3/c1-17(2)13-18(3,14-9-5-4-6-10-14)16-12-8-7-11-15(16)17;1-2-3;2-1(3)4/h4-12H,13H2,1-3H3;2H,1H2;(H2,2,3,4). The van der Waals surface area contributed by atoms with E-state index in [-0.39, 0.29) is 17.2 Å². The maximum atomic E-state index is 10.1. The van der Waals surface area contributed by atoms with Gasteiger partial charge in [0.25, 0.3) is 0 Å². The second-order valence-electron chi connectivity index (χ2n) is 6.74. The van der Waals surface area contributed by atoms with Crippen LogP contribution in [0.15, 0.2) is 67.5 Å². The monoisotopic (exact) mass is 344 g/mol. The maximum absolute atomic E-state index is 10.1. The third kappa shape index (κ3) is 4.92. The fourth-order valence-electron chi connectivity index (χ4n) is 3.69. The molecule has 1 unspecified atom stereocenters. The molecule has 0 aromatic heterocycles. The van der Waals surface area contributed by atoms with Crippen LogP contribution in [0.5, 0.6) is 0 Å². The summed E-state index contributed by atoms with van der Waals surface area (Å²) in [7, 11) is 0. The maximum Gasteiger partial charge on any atom is 0.503 e. The van der Waals surface area contributed by atoms with E-state index in [1.807, 2.05) is 0 Å². The summed E-state index contributed by atoms with van der Waals surface area (Å²) in [4.78, 5) is 8.56. The minimum absolute atomic E-state index is 0.154. The van der Waals surface area contributed by atoms with E-state index in [2.05, 4.69) is 81.9 Å². The average molecular weight is 344 g/mol. The molecule has 134 valence electrons. The van der Waals surface area contributed by atoms with Crippen LogP contribution >= 0.6 is 0 Å². The number of fused-ring (bicyclic) bond motifs is 1. The van der Waals surface area contributed by atoms with Crippen molar-refractivity contribution < 1.29 is 19.4 Å². The number of hydrogen-bond acceptors (Lipinski definition) is 1. The van der Waals surface area contributed by atoms with Crippen LogP contribution in [0.25, 0.3) is 0 Å². The normalized spacial score (nSPS) is 19.4. The van der Waals surface area contributed by atoms with E-state index in [4.69, 9.17) is 15.0 Å². The molecule has 0 saturated carbocycles. The molecule has 0 saturated heterocycles. The van der Waals surface area contributed by atoms with Crippen molar-refractivity contribution in [2.45, 2.75) is 38.0 Å². The van der Waals surface area contributed by atoms with Gasteiger partial charge in [0.1, 0.15) is 0 Å². The third-order valence-corrected chi connectivity index (χ3v) is 4.46. The highest BCUT2D eigenvalue weighted by atomic mass is 19.1. The van der Waals surface area contributed by atoms with Gasteiger partial charge in [0.2, 0.25) is 0 Å². The molecule has 2 aromatic carbocycles. The van der Waals surface area contributed by atoms with Gasteiger partial charge in [0.05, 0.1) is 6.33 Å². The highest BCUT2D eigenvalue weighted by Crippen LogP contribution is 2.52. The minimum atomic E-state index is -1.83. The number of carboxylic acid groups (broad SMARTS) is 2. The molecule has 25 heavy (non-hydrogen) atoms. The lowest BCUT2D eigenvalue weighted by Crippen LogP contribution is -2.23. The first-order valence-corrected chi connectivity index (χ1v) is 7.97. The van der Waals surface area contributed by atoms with Crippen molar-refractivity contribution in [2.75, 3.05) is 0 Å². The first-order chi connectivity index (χ1) is 11.7. The largest absolute Gasteiger partial charge is 0.503 e. The van der Waals surface area contributed by atoms with Gasteiger partial charge < -0.3 is 10.2 Å². The second kappa shape index (κ2) is 8.47. The first kappa shape index (κ1) is 20.4. The van der Waals surface area contributed by atoms with E-state index in [0.717, 1.165) is 0 Å². The Hall–Kier alpha value is -2.62. The SMILES string of the molecule is C=CF.CC1(C)CC(C)(c2ccccc2)c2ccccc21.O=C(O)O. The van der Waals surface area contributed by atoms with Crippen LogP contribution in [0.1, 0.15) is 43.9 Å². The third-order valence-electron chi connectivity index (χ3n) is 4.46. The van der Waals surface area contributed by atoms with E-state index >= 15 is 0 Å². The lowest BCUT2D eigenvalue weighted by atomic mass is 9.75. The zero-order chi connectivity index (χ0) is 19.1. The van der Waals surface area contributed by atoms with Gasteiger partial charge in [0.15, 0.2) is 0 Å². The van der Waals surface area contributed by atoms with Crippen LogP contribution in [0.2, 0.25) is 0 Å². The molecule has 2 N–H and O–H groups in total. The summed E-state index contributed by atoms with van der Waals surface area (Å²) in [6.45, 7) is 9.80. The highest BCUT2D eigenvalue weighted by Gasteiger charge is 2.45. The molecular weight excluding hydrogens is 319 g/mol. The quantitative estimate of drug-likeness (QED) is 0.667. The molecular formula is C21H25FO3. The van der Waals surface area contributed by atoms with Crippen LogP contribution in [0, 0.1) is 0 Å². The average Bonchev–Trinajstić information content (AvgIpc) is 2.77. The van der Waals surface area contributed by atoms with E-state index in [0.29, 0.717) is 0 Å². The molecule has 0 bridgehead atoms. The van der Waals surface area contributed by atoms with Gasteiger partial charge in [-0.2, -0.15) is 0 Å². The Labute approximate surface area is 148 Å². The Morgan fingerprint density at radius 2 is 1.40 bits per heavy atom. The van der Waals surface area contributed by atoms with Crippen LogP contribution in [0.3, 0.4) is 0 Å². The van der Waals surface area contributed by atoms with Gasteiger partial charge in [-0.1, -0.05) is 81.9 Å². The van der Waals surface area contributed by atoms with Crippen molar-refractivity contribution in [3.8, 4) is 0 Å². The molecule has 0 aliphatic heterocycles. The summed E-state index contributed by atoms with van der Waals surface area (Å²) in [5, 5.41) is 13.9. The fraction of sp³-hybridized carbons (Fsp3) is 0.286. The Kier molecular flexibility index (Phi) is 6.92. The van der Waals surface area contributed by atoms with Crippen LogP contribution in [0.4, 0.5) is 9.18 Å². The molecule has 1 aliphatic rings. The predicted molar refractivity (Wildman–Crippen MR) is 98.9 cm³/mol. The van der Waals surface area contributed by atoms with Gasteiger partial charge in [-0.05, 0) is 28.5 Å². The summed E-state index contributed by atoms with van der Waals surface area (Å²) < 4.78 is 10.1. The van der Waals surface area contributed by atoms with E-state index in [1.165, 1.54) is 23.1 Å². The summed E-state index contributed by atoms with van der Waals surface area (Å²) in [5.74, 6) is 0. The van der Waals surface area contributed by atoms with Crippen molar-refractivity contribution in [1.29, 1.82) is 0 Å². The Bertz CT molecular complexity index is 706. The number of rotatable bonds is 1. The molecule has 1 aliphatic carbocycles. The summed E-state index contributed by atoms with van der Waals surface area (Å²) in [5.41, 5.74) is 4.86. The van der Waals surface area contributed by atoms with Crippen molar-refractivity contribution in [3.05, 3.63) is 84.2 Å². The van der Waals surface area contributed by atoms with E-state index in [9.17, 15) is 4.39 Å². The highest BCUT2D eigenvalue weighted by molar-refractivity contribution is 5.53. The van der Waals surface area contributed by atoms with Crippen molar-refractivity contribution in [1.82, 2.24) is 0 Å². The van der Waals surface area contributed by atoms with E-state index in [1.54, 1.807) is 0 Å². The molecule has 0 spiro atoms. The summed E-state index contributed by atoms with van der Waals surface area (Å²) >= 11 is 0. The molecule has 0 heterocycles. The van der Waals surface area contributed by atoms with Crippen LogP contribution in [-0.4, -0.2) is 16.4 Å². The Balaban J connectivity index is 0.000000386. The molecule has 3 rings (SSSR count). The molecule has 2 aromatic rings. The molecule has 4 heteroatoms. The minimum Gasteiger partial charge on any atom is -0.450 e. The zero-order valence-electron chi connectivity index (χ0n) is 14.9. The molecule has 1 atom stereocenters. The van der Waals surface area contributed by atoms with Crippen molar-refractivity contribution in [3.63, 3.8) is 0 Å². The summed E-state index contributed by atoms with van der Waals surface area (Å²) in [6.07, 6.45) is -0.399. The van der Waals surface area contributed by atoms with Crippen LogP contribution < -0.4 is 0 Å². The lowest BCUT2D eigenvalue weighted by molar-refractivity contribution is 0.137. The lowest BCUT2D eigenvalue weighted by Gasteiger charge is -2.28. The van der Waals surface area contributed by atoms with Gasteiger partial charge in [-0.25, -0.2) is 9.18 Å². The fourth-order valence-corrected chi connectivity index (χ4v) is 3.69. The number of halogens is 1. The van der Waals surface area contributed by atoms with E-state index < -0.39 is 6.16 Å². The van der Waals surface area contributed by atoms with Crippen LogP contribution in [-0.2, 0) is 10.8 Å². The summed E-state index contributed by atoms with van der Waals surface area (Å²) in [6, 6.07) is 19.8.